The summed E-state index contributed by atoms with van der Waals surface area (Å²) in [7, 11) is -1.24. The van der Waals surface area contributed by atoms with Crippen LogP contribution >= 0.6 is 0 Å². The molecule has 1 saturated heterocycles. The normalized spacial score (nSPS) is 17.8. The number of hydrogen-bond donors (Lipinski definition) is 2. The summed E-state index contributed by atoms with van der Waals surface area (Å²) in [5.74, 6) is -0.731. The number of ether oxygens (including phenoxy) is 1. The molecule has 0 unspecified atom stereocenters. The molecule has 4 aromatic rings. The first-order chi connectivity index (χ1) is 19.9. The SMILES string of the molecule is CC(C)n1cc2ccc([C@H]3CC[C@H](C)CN3C(=O)C(=O)Nc3cnc(N)c4cnn(COCC[Si](C)(C)C)c34)cc2n1. The standard InChI is InChI=1S/C30H42N8O3Si/c1-19(2)37-17-22-9-8-21(13-24(22)35-37)26-10-7-20(3)16-36(26)30(40)29(39)34-25-15-32-28(31)23-14-33-38(27(23)25)18-41-11-12-42(4,5)6/h8-9,13-15,17,19-20,26H,7,10-12,16,18H2,1-6H3,(H2,31,32)(H,34,39)/t20-,26+/m0/s1. The number of rotatable bonds is 8. The highest BCUT2D eigenvalue weighted by Gasteiger charge is 2.35. The van der Waals surface area contributed by atoms with Crippen LogP contribution in [-0.4, -0.2) is 62.5 Å². The number of piperidine rings is 1. The molecule has 1 aliphatic rings. The Hall–Kier alpha value is -3.77. The van der Waals surface area contributed by atoms with E-state index in [9.17, 15) is 9.59 Å². The second-order valence-corrected chi connectivity index (χ2v) is 18.6. The van der Waals surface area contributed by atoms with Crippen molar-refractivity contribution in [3.63, 3.8) is 0 Å². The monoisotopic (exact) mass is 590 g/mol. The van der Waals surface area contributed by atoms with E-state index in [1.807, 2.05) is 29.1 Å². The van der Waals surface area contributed by atoms with Gasteiger partial charge in [-0.25, -0.2) is 9.67 Å². The molecule has 3 aromatic heterocycles. The van der Waals surface area contributed by atoms with Gasteiger partial charge in [-0.1, -0.05) is 38.7 Å². The number of anilines is 2. The zero-order valence-corrected chi connectivity index (χ0v) is 26.4. The van der Waals surface area contributed by atoms with Crippen molar-refractivity contribution in [2.75, 3.05) is 24.2 Å². The zero-order valence-electron chi connectivity index (χ0n) is 25.4. The smallest absolute Gasteiger partial charge is 0.314 e. The lowest BCUT2D eigenvalue weighted by molar-refractivity contribution is -0.146. The van der Waals surface area contributed by atoms with Gasteiger partial charge in [0, 0.05) is 38.9 Å². The average molecular weight is 591 g/mol. The third-order valence-corrected chi connectivity index (χ3v) is 9.60. The molecule has 12 heteroatoms. The Bertz CT molecular complexity index is 1610. The Labute approximate surface area is 247 Å². The Balaban J connectivity index is 1.37. The van der Waals surface area contributed by atoms with E-state index in [-0.39, 0.29) is 24.7 Å². The quantitative estimate of drug-likeness (QED) is 0.164. The minimum absolute atomic E-state index is 0.203. The fourth-order valence-corrected chi connectivity index (χ4v) is 6.15. The molecule has 0 spiro atoms. The zero-order chi connectivity index (χ0) is 30.2. The summed E-state index contributed by atoms with van der Waals surface area (Å²) in [5, 5.41) is 13.6. The lowest BCUT2D eigenvalue weighted by Gasteiger charge is -2.38. The molecule has 42 heavy (non-hydrogen) atoms. The molecule has 1 fully saturated rings. The number of carbonyl (C=O) groups excluding carboxylic acids is 2. The molecular formula is C30H42N8O3Si. The van der Waals surface area contributed by atoms with E-state index in [4.69, 9.17) is 15.6 Å². The van der Waals surface area contributed by atoms with Gasteiger partial charge < -0.3 is 20.7 Å². The summed E-state index contributed by atoms with van der Waals surface area (Å²) in [6.45, 7) is 14.5. The molecule has 0 aliphatic carbocycles. The predicted octanol–water partition coefficient (Wildman–Crippen LogP) is 5.19. The number of carbonyl (C=O) groups is 2. The summed E-state index contributed by atoms with van der Waals surface area (Å²) < 4.78 is 9.49. The second-order valence-electron chi connectivity index (χ2n) is 12.9. The first-order valence-electron chi connectivity index (χ1n) is 14.7. The molecule has 0 bridgehead atoms. The van der Waals surface area contributed by atoms with Crippen molar-refractivity contribution >= 4 is 53.2 Å². The number of nitrogens with zero attached hydrogens (tertiary/aromatic N) is 6. The van der Waals surface area contributed by atoms with Crippen molar-refractivity contribution in [3.05, 3.63) is 42.4 Å². The maximum absolute atomic E-state index is 13.7. The average Bonchev–Trinajstić information content (AvgIpc) is 3.56. The van der Waals surface area contributed by atoms with Gasteiger partial charge in [0.05, 0.1) is 40.5 Å². The van der Waals surface area contributed by atoms with Gasteiger partial charge in [-0.15, -0.1) is 0 Å². The number of amides is 2. The molecule has 5 rings (SSSR count). The summed E-state index contributed by atoms with van der Waals surface area (Å²) in [5.41, 5.74) is 8.92. The van der Waals surface area contributed by atoms with Crippen LogP contribution in [0.15, 0.2) is 36.8 Å². The maximum Gasteiger partial charge on any atom is 0.314 e. The first kappa shape index (κ1) is 29.7. The van der Waals surface area contributed by atoms with Gasteiger partial charge in [-0.3, -0.25) is 14.3 Å². The fourth-order valence-electron chi connectivity index (χ4n) is 5.39. The van der Waals surface area contributed by atoms with Crippen LogP contribution in [0.1, 0.15) is 51.3 Å². The van der Waals surface area contributed by atoms with Crippen LogP contribution in [0.2, 0.25) is 25.7 Å². The third kappa shape index (κ3) is 6.34. The first-order valence-corrected chi connectivity index (χ1v) is 18.4. The number of hydrogen-bond acceptors (Lipinski definition) is 7. The van der Waals surface area contributed by atoms with Gasteiger partial charge in [0.1, 0.15) is 12.5 Å². The van der Waals surface area contributed by atoms with Gasteiger partial charge >= 0.3 is 11.8 Å². The highest BCUT2D eigenvalue weighted by Crippen LogP contribution is 2.35. The predicted molar refractivity (Wildman–Crippen MR) is 168 cm³/mol. The molecule has 0 saturated carbocycles. The highest BCUT2D eigenvalue weighted by atomic mass is 28.3. The maximum atomic E-state index is 13.7. The van der Waals surface area contributed by atoms with Crippen molar-refractivity contribution in [1.82, 2.24) is 29.4 Å². The molecule has 1 aliphatic heterocycles. The van der Waals surface area contributed by atoms with E-state index in [2.05, 4.69) is 55.8 Å². The number of aromatic nitrogens is 5. The van der Waals surface area contributed by atoms with Crippen LogP contribution in [0.25, 0.3) is 21.8 Å². The molecule has 1 aromatic carbocycles. The van der Waals surface area contributed by atoms with Crippen molar-refractivity contribution in [2.45, 2.75) is 78.1 Å². The third-order valence-electron chi connectivity index (χ3n) is 7.90. The number of nitrogens with two attached hydrogens (primary N) is 1. The van der Waals surface area contributed by atoms with Crippen LogP contribution in [0.5, 0.6) is 0 Å². The van der Waals surface area contributed by atoms with E-state index >= 15 is 0 Å². The number of pyridine rings is 1. The molecule has 3 N–H and O–H groups in total. The van der Waals surface area contributed by atoms with Crippen molar-refractivity contribution in [3.8, 4) is 0 Å². The number of nitrogen functional groups attached to an aromatic ring is 1. The van der Waals surface area contributed by atoms with Crippen molar-refractivity contribution < 1.29 is 14.3 Å². The Kier molecular flexibility index (Phi) is 8.38. The molecular weight excluding hydrogens is 548 g/mol. The van der Waals surface area contributed by atoms with Crippen LogP contribution in [-0.2, 0) is 21.1 Å². The van der Waals surface area contributed by atoms with Crippen molar-refractivity contribution in [1.29, 1.82) is 0 Å². The van der Waals surface area contributed by atoms with E-state index in [1.165, 1.54) is 6.20 Å². The van der Waals surface area contributed by atoms with Crippen LogP contribution < -0.4 is 11.1 Å². The lowest BCUT2D eigenvalue weighted by atomic mass is 9.89. The van der Waals surface area contributed by atoms with Gasteiger partial charge in [0.2, 0.25) is 0 Å². The van der Waals surface area contributed by atoms with E-state index in [1.54, 1.807) is 15.8 Å². The number of likely N-dealkylation sites (tertiary alicyclic amines) is 1. The molecule has 11 nitrogen and oxygen atoms in total. The fraction of sp³-hybridized carbons (Fsp3) is 0.500. The Morgan fingerprint density at radius 2 is 1.98 bits per heavy atom. The van der Waals surface area contributed by atoms with Crippen LogP contribution in [0.3, 0.4) is 0 Å². The number of benzene rings is 1. The van der Waals surface area contributed by atoms with Gasteiger partial charge in [0.25, 0.3) is 0 Å². The summed E-state index contributed by atoms with van der Waals surface area (Å²) >= 11 is 0. The Morgan fingerprint density at radius 1 is 1.19 bits per heavy atom. The number of fused-ring (bicyclic) bond motifs is 2. The number of nitrogens with one attached hydrogen (secondary N) is 1. The van der Waals surface area contributed by atoms with E-state index < -0.39 is 19.9 Å². The largest absolute Gasteiger partial charge is 0.383 e. The van der Waals surface area contributed by atoms with E-state index in [0.717, 1.165) is 35.4 Å². The summed E-state index contributed by atoms with van der Waals surface area (Å²) in [6, 6.07) is 7.18. The Morgan fingerprint density at radius 3 is 2.71 bits per heavy atom. The van der Waals surface area contributed by atoms with Crippen LogP contribution in [0, 0.1) is 5.92 Å². The highest BCUT2D eigenvalue weighted by molar-refractivity contribution is 6.76. The molecule has 2 atom stereocenters. The second kappa shape index (κ2) is 11.8. The van der Waals surface area contributed by atoms with Gasteiger partial charge in [-0.05, 0) is 50.3 Å². The van der Waals surface area contributed by atoms with Gasteiger partial charge in [0.15, 0.2) is 0 Å². The molecule has 224 valence electrons. The molecule has 4 heterocycles. The van der Waals surface area contributed by atoms with Gasteiger partial charge in [-0.2, -0.15) is 10.2 Å². The topological polar surface area (TPSA) is 133 Å². The molecule has 2 amide bonds. The minimum atomic E-state index is -1.24. The summed E-state index contributed by atoms with van der Waals surface area (Å²) in [4.78, 5) is 33.1. The van der Waals surface area contributed by atoms with Crippen LogP contribution in [0.4, 0.5) is 11.5 Å². The lowest BCUT2D eigenvalue weighted by Crippen LogP contribution is -2.46. The molecule has 0 radical (unpaired) electrons. The van der Waals surface area contributed by atoms with E-state index in [0.29, 0.717) is 35.6 Å². The summed E-state index contributed by atoms with van der Waals surface area (Å²) in [6.07, 6.45) is 6.85. The van der Waals surface area contributed by atoms with Crippen molar-refractivity contribution in [2.24, 2.45) is 5.92 Å². The minimum Gasteiger partial charge on any atom is -0.383 e.